The zero-order valence-corrected chi connectivity index (χ0v) is 8.81. The van der Waals surface area contributed by atoms with Crippen molar-refractivity contribution in [3.05, 3.63) is 0 Å². The summed E-state index contributed by atoms with van der Waals surface area (Å²) in [4.78, 5) is 11.3. The first-order valence-electron chi connectivity index (χ1n) is 4.54. The van der Waals surface area contributed by atoms with Crippen LogP contribution in [0.15, 0.2) is 0 Å². The van der Waals surface area contributed by atoms with E-state index in [1.54, 1.807) is 0 Å². The highest BCUT2D eigenvalue weighted by molar-refractivity contribution is 8.01. The highest BCUT2D eigenvalue weighted by Gasteiger charge is 2.37. The first kappa shape index (κ1) is 8.95. The largest absolute Gasteiger partial charge is 0.300 e. The SMILES string of the molecule is O=C1CCSC2(CCSCC2)C1. The summed E-state index contributed by atoms with van der Waals surface area (Å²) in [7, 11) is 0. The molecule has 0 aromatic carbocycles. The third-order valence-corrected chi connectivity index (χ3v) is 5.27. The molecule has 0 saturated carbocycles. The lowest BCUT2D eigenvalue weighted by molar-refractivity contribution is -0.119. The van der Waals surface area contributed by atoms with Crippen molar-refractivity contribution < 1.29 is 4.79 Å². The smallest absolute Gasteiger partial charge is 0.135 e. The highest BCUT2D eigenvalue weighted by Crippen LogP contribution is 2.44. The molecule has 68 valence electrons. The van der Waals surface area contributed by atoms with Gasteiger partial charge in [-0.05, 0) is 24.3 Å². The molecule has 3 heteroatoms. The van der Waals surface area contributed by atoms with Crippen LogP contribution in [0.3, 0.4) is 0 Å². The van der Waals surface area contributed by atoms with Gasteiger partial charge >= 0.3 is 0 Å². The number of Topliss-reactive ketones (excluding diaryl/α,β-unsaturated/α-hetero) is 1. The van der Waals surface area contributed by atoms with Crippen LogP contribution in [-0.2, 0) is 4.79 Å². The van der Waals surface area contributed by atoms with Gasteiger partial charge in [-0.2, -0.15) is 23.5 Å². The summed E-state index contributed by atoms with van der Waals surface area (Å²) < 4.78 is 0.376. The molecule has 2 saturated heterocycles. The Kier molecular flexibility index (Phi) is 2.70. The van der Waals surface area contributed by atoms with Crippen molar-refractivity contribution in [1.82, 2.24) is 0 Å². The van der Waals surface area contributed by atoms with Gasteiger partial charge in [0.15, 0.2) is 0 Å². The molecule has 0 aliphatic carbocycles. The van der Waals surface area contributed by atoms with Gasteiger partial charge in [0.1, 0.15) is 5.78 Å². The van der Waals surface area contributed by atoms with Crippen molar-refractivity contribution in [1.29, 1.82) is 0 Å². The number of carbonyl (C=O) groups is 1. The van der Waals surface area contributed by atoms with Crippen molar-refractivity contribution in [2.45, 2.75) is 30.4 Å². The Morgan fingerprint density at radius 3 is 2.58 bits per heavy atom. The number of rotatable bonds is 0. The molecule has 2 aliphatic rings. The van der Waals surface area contributed by atoms with Crippen molar-refractivity contribution in [2.24, 2.45) is 0 Å². The maximum atomic E-state index is 11.3. The van der Waals surface area contributed by atoms with Gasteiger partial charge in [-0.1, -0.05) is 0 Å². The molecule has 1 nitrogen and oxygen atoms in total. The monoisotopic (exact) mass is 202 g/mol. The van der Waals surface area contributed by atoms with Crippen molar-refractivity contribution in [3.8, 4) is 0 Å². The molecule has 0 aromatic rings. The molecular formula is C9H14OS2. The zero-order valence-electron chi connectivity index (χ0n) is 7.17. The number of thioether (sulfide) groups is 2. The van der Waals surface area contributed by atoms with Crippen molar-refractivity contribution >= 4 is 29.3 Å². The van der Waals surface area contributed by atoms with Crippen LogP contribution in [0.1, 0.15) is 25.7 Å². The van der Waals surface area contributed by atoms with Crippen molar-refractivity contribution in [3.63, 3.8) is 0 Å². The minimum Gasteiger partial charge on any atom is -0.300 e. The fraction of sp³-hybridized carbons (Fsp3) is 0.889. The molecule has 0 radical (unpaired) electrons. The van der Waals surface area contributed by atoms with E-state index in [0.29, 0.717) is 10.5 Å². The van der Waals surface area contributed by atoms with Crippen LogP contribution in [0.2, 0.25) is 0 Å². The summed E-state index contributed by atoms with van der Waals surface area (Å²) in [5.41, 5.74) is 0. The number of hydrogen-bond acceptors (Lipinski definition) is 3. The predicted molar refractivity (Wildman–Crippen MR) is 56.0 cm³/mol. The summed E-state index contributed by atoms with van der Waals surface area (Å²) in [5.74, 6) is 4.10. The third-order valence-electron chi connectivity index (χ3n) is 2.71. The lowest BCUT2D eigenvalue weighted by Crippen LogP contribution is -2.36. The van der Waals surface area contributed by atoms with Crippen LogP contribution in [0.5, 0.6) is 0 Å². The minimum absolute atomic E-state index is 0.376. The summed E-state index contributed by atoms with van der Waals surface area (Å²) in [6.07, 6.45) is 4.19. The fourth-order valence-electron chi connectivity index (χ4n) is 1.94. The van der Waals surface area contributed by atoms with Gasteiger partial charge in [-0.3, -0.25) is 4.79 Å². The molecule has 0 bridgehead atoms. The van der Waals surface area contributed by atoms with Crippen molar-refractivity contribution in [2.75, 3.05) is 17.3 Å². The Morgan fingerprint density at radius 2 is 1.92 bits per heavy atom. The van der Waals surface area contributed by atoms with E-state index in [1.165, 1.54) is 24.3 Å². The van der Waals surface area contributed by atoms with Gasteiger partial charge in [-0.25, -0.2) is 0 Å². The van der Waals surface area contributed by atoms with Gasteiger partial charge in [0.2, 0.25) is 0 Å². The van der Waals surface area contributed by atoms with Gasteiger partial charge < -0.3 is 0 Å². The third kappa shape index (κ3) is 1.82. The molecule has 2 rings (SSSR count). The van der Waals surface area contributed by atoms with E-state index in [9.17, 15) is 4.79 Å². The molecule has 2 fully saturated rings. The van der Waals surface area contributed by atoms with Gasteiger partial charge in [0.25, 0.3) is 0 Å². The lowest BCUT2D eigenvalue weighted by Gasteiger charge is -2.38. The van der Waals surface area contributed by atoms with Crippen LogP contribution in [-0.4, -0.2) is 27.8 Å². The van der Waals surface area contributed by atoms with Crippen LogP contribution in [0.25, 0.3) is 0 Å². The molecular weight excluding hydrogens is 188 g/mol. The van der Waals surface area contributed by atoms with E-state index >= 15 is 0 Å². The topological polar surface area (TPSA) is 17.1 Å². The van der Waals surface area contributed by atoms with Gasteiger partial charge in [0.05, 0.1) is 0 Å². The standard InChI is InChI=1S/C9H14OS2/c10-8-1-4-12-9(7-8)2-5-11-6-3-9/h1-7H2. The van der Waals surface area contributed by atoms with E-state index in [-0.39, 0.29) is 0 Å². The molecule has 0 aromatic heterocycles. The fourth-order valence-corrected chi connectivity index (χ4v) is 5.00. The quantitative estimate of drug-likeness (QED) is 0.600. The Balaban J connectivity index is 2.02. The van der Waals surface area contributed by atoms with Crippen LogP contribution in [0, 0.1) is 0 Å². The molecule has 2 aliphatic heterocycles. The highest BCUT2D eigenvalue weighted by atomic mass is 32.2. The Bertz CT molecular complexity index is 179. The van der Waals surface area contributed by atoms with E-state index in [1.807, 2.05) is 11.8 Å². The molecule has 2 heterocycles. The maximum Gasteiger partial charge on any atom is 0.135 e. The maximum absolute atomic E-state index is 11.3. The second kappa shape index (κ2) is 3.62. The Labute approximate surface area is 82.1 Å². The molecule has 1 spiro atoms. The first-order chi connectivity index (χ1) is 5.81. The molecule has 0 amide bonds. The number of carbonyl (C=O) groups excluding carboxylic acids is 1. The average molecular weight is 202 g/mol. The predicted octanol–water partition coefficient (Wildman–Crippen LogP) is 2.35. The minimum atomic E-state index is 0.376. The van der Waals surface area contributed by atoms with E-state index in [4.69, 9.17) is 0 Å². The normalized spacial score (nSPS) is 29.2. The first-order valence-corrected chi connectivity index (χ1v) is 6.68. The number of hydrogen-bond donors (Lipinski definition) is 0. The number of ketones is 1. The summed E-state index contributed by atoms with van der Waals surface area (Å²) in [6, 6.07) is 0. The van der Waals surface area contributed by atoms with Crippen LogP contribution < -0.4 is 0 Å². The summed E-state index contributed by atoms with van der Waals surface area (Å²) in [6.45, 7) is 0. The summed E-state index contributed by atoms with van der Waals surface area (Å²) in [5, 5.41) is 0. The molecule has 0 unspecified atom stereocenters. The van der Waals surface area contributed by atoms with E-state index in [2.05, 4.69) is 11.8 Å². The van der Waals surface area contributed by atoms with E-state index < -0.39 is 0 Å². The summed E-state index contributed by atoms with van der Waals surface area (Å²) >= 11 is 4.10. The second-order valence-electron chi connectivity index (χ2n) is 3.61. The average Bonchev–Trinajstić information content (AvgIpc) is 2.05. The zero-order chi connectivity index (χ0) is 8.44. The second-order valence-corrected chi connectivity index (χ2v) is 6.40. The van der Waals surface area contributed by atoms with Gasteiger partial charge in [-0.15, -0.1) is 0 Å². The lowest BCUT2D eigenvalue weighted by atomic mass is 9.94. The Hall–Kier alpha value is 0.370. The van der Waals surface area contributed by atoms with Crippen LogP contribution >= 0.6 is 23.5 Å². The molecule has 0 atom stereocenters. The molecule has 0 N–H and O–H groups in total. The Morgan fingerprint density at radius 1 is 1.17 bits per heavy atom. The van der Waals surface area contributed by atoms with Gasteiger partial charge in [0, 0.05) is 23.3 Å². The van der Waals surface area contributed by atoms with E-state index in [0.717, 1.165) is 18.6 Å². The molecule has 12 heavy (non-hydrogen) atoms. The van der Waals surface area contributed by atoms with Crippen LogP contribution in [0.4, 0.5) is 0 Å².